The molecule has 1 aromatic carbocycles. The lowest BCUT2D eigenvalue weighted by Crippen LogP contribution is -2.33. The molecule has 8 heteroatoms. The highest BCUT2D eigenvalue weighted by molar-refractivity contribution is 5.69. The minimum atomic E-state index is -0.686. The van der Waals surface area contributed by atoms with Gasteiger partial charge in [-0.05, 0) is 62.8 Å². The van der Waals surface area contributed by atoms with E-state index >= 15 is 0 Å². The van der Waals surface area contributed by atoms with Crippen molar-refractivity contribution in [2.24, 2.45) is 0 Å². The third kappa shape index (κ3) is 11.7. The van der Waals surface area contributed by atoms with Crippen molar-refractivity contribution in [1.29, 1.82) is 0 Å². The van der Waals surface area contributed by atoms with Crippen LogP contribution >= 0.6 is 0 Å². The number of carbonyl (C=O) groups is 2. The van der Waals surface area contributed by atoms with E-state index < -0.39 is 11.7 Å². The lowest BCUT2D eigenvalue weighted by molar-refractivity contribution is -0.153. The quantitative estimate of drug-likeness (QED) is 0.175. The Kier molecular flexibility index (Phi) is 13.1. The highest BCUT2D eigenvalue weighted by Gasteiger charge is 2.17. The topological polar surface area (TPSA) is 92.3 Å². The molecule has 1 amide bonds. The van der Waals surface area contributed by atoms with E-state index in [1.165, 1.54) is 7.11 Å². The van der Waals surface area contributed by atoms with E-state index in [1.807, 2.05) is 12.1 Å². The summed E-state index contributed by atoms with van der Waals surface area (Å²) in [7, 11) is 3.05. The Bertz CT molecular complexity index is 718. The first-order chi connectivity index (χ1) is 15.3. The van der Waals surface area contributed by atoms with Crippen LogP contribution in [0.2, 0.25) is 0 Å². The van der Waals surface area contributed by atoms with Gasteiger partial charge < -0.3 is 29.0 Å². The number of unbranched alkanes of at least 4 members (excludes halogenated alkanes) is 2. The van der Waals surface area contributed by atoms with Crippen molar-refractivity contribution >= 4 is 12.1 Å². The van der Waals surface area contributed by atoms with Crippen LogP contribution in [0.4, 0.5) is 4.79 Å². The lowest BCUT2D eigenvalue weighted by atomic mass is 10.0. The normalized spacial score (nSPS) is 11.0. The first-order valence-corrected chi connectivity index (χ1v) is 10.8. The molecule has 0 bridgehead atoms. The van der Waals surface area contributed by atoms with Gasteiger partial charge in [0.1, 0.15) is 11.4 Å². The van der Waals surface area contributed by atoms with Crippen LogP contribution in [0.15, 0.2) is 30.9 Å². The zero-order valence-electron chi connectivity index (χ0n) is 19.7. The Balaban J connectivity index is 2.49. The summed E-state index contributed by atoms with van der Waals surface area (Å²) in [5.41, 5.74) is 1.41. The van der Waals surface area contributed by atoms with Crippen molar-refractivity contribution in [3.63, 3.8) is 0 Å². The summed E-state index contributed by atoms with van der Waals surface area (Å²) in [5.74, 6) is 0.474. The zero-order valence-corrected chi connectivity index (χ0v) is 19.7. The fourth-order valence-electron chi connectivity index (χ4n) is 2.81. The molecule has 1 N–H and O–H groups in total. The molecule has 8 nitrogen and oxygen atoms in total. The number of methoxy groups -OCH3 is 2. The molecule has 0 atom stereocenters. The number of amides is 1. The zero-order chi connectivity index (χ0) is 23.8. The van der Waals surface area contributed by atoms with Crippen molar-refractivity contribution in [2.75, 3.05) is 34.4 Å². The van der Waals surface area contributed by atoms with Gasteiger partial charge in [-0.15, -0.1) is 0 Å². The highest BCUT2D eigenvalue weighted by atomic mass is 16.7. The van der Waals surface area contributed by atoms with Gasteiger partial charge in [0.15, 0.2) is 13.6 Å². The predicted molar refractivity (Wildman–Crippen MR) is 122 cm³/mol. The van der Waals surface area contributed by atoms with Gasteiger partial charge in [-0.25, -0.2) is 4.79 Å². The van der Waals surface area contributed by atoms with Crippen LogP contribution in [-0.2, 0) is 36.6 Å². The van der Waals surface area contributed by atoms with Crippen LogP contribution in [0.5, 0.6) is 5.75 Å². The largest absolute Gasteiger partial charge is 0.467 e. The van der Waals surface area contributed by atoms with Crippen molar-refractivity contribution < 1.29 is 33.3 Å². The Morgan fingerprint density at radius 2 is 1.81 bits per heavy atom. The molecule has 32 heavy (non-hydrogen) atoms. The van der Waals surface area contributed by atoms with E-state index in [2.05, 4.69) is 18.0 Å². The fourth-order valence-corrected chi connectivity index (χ4v) is 2.81. The number of benzene rings is 1. The van der Waals surface area contributed by atoms with E-state index in [0.717, 1.165) is 42.6 Å². The smallest absolute Gasteiger partial charge is 0.407 e. The maximum Gasteiger partial charge on any atom is 0.407 e. The number of alkyl carbamates (subject to hydrolysis) is 1. The molecule has 0 heterocycles. The first-order valence-electron chi connectivity index (χ1n) is 10.8. The van der Waals surface area contributed by atoms with Gasteiger partial charge in [-0.3, -0.25) is 4.79 Å². The second-order valence-corrected chi connectivity index (χ2v) is 7.85. The predicted octanol–water partition coefficient (Wildman–Crippen LogP) is 4.15. The van der Waals surface area contributed by atoms with E-state index in [1.54, 1.807) is 27.0 Å². The van der Waals surface area contributed by atoms with Crippen molar-refractivity contribution in [1.82, 2.24) is 5.32 Å². The summed E-state index contributed by atoms with van der Waals surface area (Å²) in [6, 6.07) is 5.91. The van der Waals surface area contributed by atoms with Crippen LogP contribution in [-0.4, -0.2) is 52.0 Å². The molecule has 180 valence electrons. The number of carbonyl (C=O) groups excluding carboxylic acids is 2. The number of esters is 1. The molecule has 0 saturated heterocycles. The molecule has 0 spiro atoms. The van der Waals surface area contributed by atoms with Gasteiger partial charge in [0.2, 0.25) is 0 Å². The molecule has 1 aromatic rings. The molecule has 0 radical (unpaired) electrons. The van der Waals surface area contributed by atoms with Crippen molar-refractivity contribution in [3.05, 3.63) is 42.0 Å². The second kappa shape index (κ2) is 15.3. The molecular formula is C24H37NO7. The molecule has 0 fully saturated rings. The third-order valence-electron chi connectivity index (χ3n) is 4.65. The summed E-state index contributed by atoms with van der Waals surface area (Å²) < 4.78 is 25.6. The van der Waals surface area contributed by atoms with Crippen LogP contribution in [0, 0.1) is 0 Å². The van der Waals surface area contributed by atoms with Crippen LogP contribution < -0.4 is 10.1 Å². The maximum atomic E-state index is 11.8. The number of ether oxygens (including phenoxy) is 5. The number of hydrogen-bond acceptors (Lipinski definition) is 7. The average molecular weight is 452 g/mol. The Labute approximate surface area is 191 Å². The van der Waals surface area contributed by atoms with Gasteiger partial charge in [0, 0.05) is 27.2 Å². The molecule has 0 aromatic heterocycles. The monoisotopic (exact) mass is 451 g/mol. The molecule has 0 aliphatic heterocycles. The Morgan fingerprint density at radius 1 is 1.06 bits per heavy atom. The van der Waals surface area contributed by atoms with Crippen LogP contribution in [0.1, 0.15) is 50.7 Å². The summed E-state index contributed by atoms with van der Waals surface area (Å²) in [6.45, 7) is 7.88. The third-order valence-corrected chi connectivity index (χ3v) is 4.65. The number of aryl methyl sites for hydroxylation is 2. The molecule has 0 unspecified atom stereocenters. The summed E-state index contributed by atoms with van der Waals surface area (Å²) in [4.78, 5) is 23.5. The van der Waals surface area contributed by atoms with Crippen LogP contribution in [0.25, 0.3) is 0 Å². The second-order valence-electron chi connectivity index (χ2n) is 7.85. The lowest BCUT2D eigenvalue weighted by Gasteiger charge is -2.20. The highest BCUT2D eigenvalue weighted by Crippen LogP contribution is 2.23. The summed E-state index contributed by atoms with van der Waals surface area (Å²) in [6.07, 6.45) is 5.52. The van der Waals surface area contributed by atoms with Gasteiger partial charge in [0.25, 0.3) is 0 Å². The standard InChI is InChI=1S/C24H37NO7/c1-6-24(2,3)32-23(27)25-15-9-7-8-10-20-16-19(11-13-21(20)30-17-28-4)12-14-22(26)31-18-29-5/h6,11,13,16H,1,7-10,12,14-15,17-18H2,2-5H3,(H,25,27). The minimum absolute atomic E-state index is 0.0352. The maximum absolute atomic E-state index is 11.8. The molecule has 0 saturated carbocycles. The molecule has 0 aliphatic rings. The number of nitrogens with one attached hydrogen (secondary N) is 1. The summed E-state index contributed by atoms with van der Waals surface area (Å²) >= 11 is 0. The minimum Gasteiger partial charge on any atom is -0.467 e. The molecule has 0 aliphatic carbocycles. The van der Waals surface area contributed by atoms with Gasteiger partial charge >= 0.3 is 12.1 Å². The van der Waals surface area contributed by atoms with Gasteiger partial charge in [-0.2, -0.15) is 0 Å². The fraction of sp³-hybridized carbons (Fsp3) is 0.583. The van der Waals surface area contributed by atoms with E-state index in [0.29, 0.717) is 13.0 Å². The first kappa shape index (κ1) is 27.5. The van der Waals surface area contributed by atoms with E-state index in [9.17, 15) is 9.59 Å². The number of rotatable bonds is 16. The van der Waals surface area contributed by atoms with Crippen molar-refractivity contribution in [2.45, 2.75) is 58.0 Å². The summed E-state index contributed by atoms with van der Waals surface area (Å²) in [5, 5.41) is 2.76. The molecule has 1 rings (SSSR count). The van der Waals surface area contributed by atoms with Crippen LogP contribution in [0.3, 0.4) is 0 Å². The van der Waals surface area contributed by atoms with Gasteiger partial charge in [0.05, 0.1) is 0 Å². The van der Waals surface area contributed by atoms with Crippen molar-refractivity contribution in [3.8, 4) is 5.75 Å². The number of hydrogen-bond donors (Lipinski definition) is 1. The SMILES string of the molecule is C=CC(C)(C)OC(=O)NCCCCCc1cc(CCC(=O)OCOC)ccc1OCOC. The van der Waals surface area contributed by atoms with E-state index in [-0.39, 0.29) is 26.0 Å². The Hall–Kier alpha value is -2.58. The average Bonchev–Trinajstić information content (AvgIpc) is 2.77. The molecular weight excluding hydrogens is 414 g/mol. The van der Waals surface area contributed by atoms with Gasteiger partial charge in [-0.1, -0.05) is 25.1 Å². The van der Waals surface area contributed by atoms with E-state index in [4.69, 9.17) is 23.7 Å². The Morgan fingerprint density at radius 3 is 2.50 bits per heavy atom.